The topological polar surface area (TPSA) is 41.1 Å². The molecule has 0 bridgehead atoms. The number of halogens is 1. The summed E-state index contributed by atoms with van der Waals surface area (Å²) in [5.41, 5.74) is 1.99. The molecule has 2 rings (SSSR count). The van der Waals surface area contributed by atoms with E-state index in [-0.39, 0.29) is 11.9 Å². The van der Waals surface area contributed by atoms with E-state index in [1.54, 1.807) is 0 Å². The van der Waals surface area contributed by atoms with Crippen LogP contribution in [0.3, 0.4) is 0 Å². The summed E-state index contributed by atoms with van der Waals surface area (Å²) < 4.78 is 0.923. The fraction of sp³-hybridized carbons (Fsp3) is 0.462. The first-order valence-electron chi connectivity index (χ1n) is 5.97. The van der Waals surface area contributed by atoms with Crippen molar-refractivity contribution in [2.75, 3.05) is 11.9 Å². The Hall–Kier alpha value is -0.870. The van der Waals surface area contributed by atoms with Crippen LogP contribution in [0, 0.1) is 6.92 Å². The maximum atomic E-state index is 12.0. The zero-order chi connectivity index (χ0) is 12.3. The summed E-state index contributed by atoms with van der Waals surface area (Å²) in [6, 6.07) is 5.90. The molecule has 1 aliphatic heterocycles. The van der Waals surface area contributed by atoms with Crippen molar-refractivity contribution < 1.29 is 4.79 Å². The molecule has 0 spiro atoms. The highest BCUT2D eigenvalue weighted by Gasteiger charge is 2.20. The van der Waals surface area contributed by atoms with Gasteiger partial charge in [0.05, 0.1) is 11.7 Å². The second-order valence-corrected chi connectivity index (χ2v) is 5.33. The maximum Gasteiger partial charge on any atom is 0.241 e. The highest BCUT2D eigenvalue weighted by molar-refractivity contribution is 9.10. The number of benzene rings is 1. The summed E-state index contributed by atoms with van der Waals surface area (Å²) in [6.45, 7) is 2.95. The second-order valence-electron chi connectivity index (χ2n) is 4.48. The number of anilines is 1. The molecule has 1 heterocycles. The number of amides is 1. The maximum absolute atomic E-state index is 12.0. The van der Waals surface area contributed by atoms with E-state index >= 15 is 0 Å². The Morgan fingerprint density at radius 2 is 2.29 bits per heavy atom. The van der Waals surface area contributed by atoms with E-state index in [0.717, 1.165) is 41.5 Å². The van der Waals surface area contributed by atoms with Crippen molar-refractivity contribution in [1.82, 2.24) is 5.32 Å². The minimum Gasteiger partial charge on any atom is -0.324 e. The predicted octanol–water partition coefficient (Wildman–Crippen LogP) is 2.84. The van der Waals surface area contributed by atoms with Crippen LogP contribution in [0.4, 0.5) is 5.69 Å². The van der Waals surface area contributed by atoms with Gasteiger partial charge in [-0.25, -0.2) is 0 Å². The Bertz CT molecular complexity index is 414. The van der Waals surface area contributed by atoms with Crippen molar-refractivity contribution in [3.8, 4) is 0 Å². The van der Waals surface area contributed by atoms with Gasteiger partial charge in [-0.1, -0.05) is 12.5 Å². The second kappa shape index (κ2) is 5.65. The molecule has 0 aliphatic carbocycles. The summed E-state index contributed by atoms with van der Waals surface area (Å²) in [5, 5.41) is 6.22. The van der Waals surface area contributed by atoms with E-state index < -0.39 is 0 Å². The quantitative estimate of drug-likeness (QED) is 0.881. The Kier molecular flexibility index (Phi) is 4.18. The highest BCUT2D eigenvalue weighted by atomic mass is 79.9. The molecule has 1 saturated heterocycles. The zero-order valence-corrected chi connectivity index (χ0v) is 11.5. The van der Waals surface area contributed by atoms with Crippen molar-refractivity contribution >= 4 is 27.5 Å². The molecular weight excluding hydrogens is 280 g/mol. The van der Waals surface area contributed by atoms with Gasteiger partial charge in [-0.15, -0.1) is 0 Å². The van der Waals surface area contributed by atoms with Crippen LogP contribution in [0.5, 0.6) is 0 Å². The molecule has 17 heavy (non-hydrogen) atoms. The van der Waals surface area contributed by atoms with E-state index in [1.807, 2.05) is 25.1 Å². The molecule has 92 valence electrons. The van der Waals surface area contributed by atoms with E-state index in [9.17, 15) is 4.79 Å². The fourth-order valence-corrected chi connectivity index (χ4v) is 2.38. The third-order valence-electron chi connectivity index (χ3n) is 3.01. The number of aryl methyl sites for hydroxylation is 1. The molecule has 2 N–H and O–H groups in total. The molecule has 1 amide bonds. The van der Waals surface area contributed by atoms with Gasteiger partial charge in [-0.2, -0.15) is 0 Å². The molecule has 1 fully saturated rings. The molecule has 3 nitrogen and oxygen atoms in total. The Labute approximate surface area is 110 Å². The summed E-state index contributed by atoms with van der Waals surface area (Å²) in [5.74, 6) is 0.0657. The molecule has 1 aromatic carbocycles. The lowest BCUT2D eigenvalue weighted by Crippen LogP contribution is -2.43. The summed E-state index contributed by atoms with van der Waals surface area (Å²) in [6.07, 6.45) is 3.22. The van der Waals surface area contributed by atoms with Crippen molar-refractivity contribution in [3.05, 3.63) is 28.2 Å². The Morgan fingerprint density at radius 3 is 3.00 bits per heavy atom. The van der Waals surface area contributed by atoms with Gasteiger partial charge in [-0.3, -0.25) is 4.79 Å². The standard InChI is InChI=1S/C13H17BrN2O/c1-9-5-6-10(14)12(8-9)16-13(17)11-4-2-3-7-15-11/h5-6,8,11,15H,2-4,7H2,1H3,(H,16,17)/t11-/m0/s1. The highest BCUT2D eigenvalue weighted by Crippen LogP contribution is 2.23. The number of hydrogen-bond acceptors (Lipinski definition) is 2. The number of rotatable bonds is 2. The largest absolute Gasteiger partial charge is 0.324 e. The molecule has 0 radical (unpaired) electrons. The average molecular weight is 297 g/mol. The van der Waals surface area contributed by atoms with Crippen molar-refractivity contribution in [2.45, 2.75) is 32.2 Å². The zero-order valence-electron chi connectivity index (χ0n) is 9.92. The van der Waals surface area contributed by atoms with Gasteiger partial charge in [0, 0.05) is 4.47 Å². The number of hydrogen-bond donors (Lipinski definition) is 2. The smallest absolute Gasteiger partial charge is 0.241 e. The summed E-state index contributed by atoms with van der Waals surface area (Å²) in [7, 11) is 0. The SMILES string of the molecule is Cc1ccc(Br)c(NC(=O)[C@@H]2CCCCN2)c1. The molecule has 0 saturated carbocycles. The van der Waals surface area contributed by atoms with Crippen LogP contribution in [0.15, 0.2) is 22.7 Å². The molecular formula is C13H17BrN2O. The van der Waals surface area contributed by atoms with Crippen LogP contribution in [-0.2, 0) is 4.79 Å². The van der Waals surface area contributed by atoms with Gasteiger partial charge < -0.3 is 10.6 Å². The molecule has 1 atom stereocenters. The van der Waals surface area contributed by atoms with Gasteiger partial charge in [0.25, 0.3) is 0 Å². The first kappa shape index (κ1) is 12.6. The van der Waals surface area contributed by atoms with Crippen LogP contribution in [0.2, 0.25) is 0 Å². The average Bonchev–Trinajstić information content (AvgIpc) is 2.35. The van der Waals surface area contributed by atoms with Crippen molar-refractivity contribution in [3.63, 3.8) is 0 Å². The number of carbonyl (C=O) groups excluding carboxylic acids is 1. The first-order valence-corrected chi connectivity index (χ1v) is 6.76. The predicted molar refractivity (Wildman–Crippen MR) is 73.2 cm³/mol. The van der Waals surface area contributed by atoms with E-state index in [1.165, 1.54) is 0 Å². The summed E-state index contributed by atoms with van der Waals surface area (Å²) in [4.78, 5) is 12.0. The number of nitrogens with one attached hydrogen (secondary N) is 2. The number of carbonyl (C=O) groups is 1. The Morgan fingerprint density at radius 1 is 1.47 bits per heavy atom. The van der Waals surface area contributed by atoms with E-state index in [4.69, 9.17) is 0 Å². The molecule has 1 aromatic rings. The van der Waals surface area contributed by atoms with Gasteiger partial charge >= 0.3 is 0 Å². The lowest BCUT2D eigenvalue weighted by molar-refractivity contribution is -0.118. The van der Waals surface area contributed by atoms with Crippen LogP contribution >= 0.6 is 15.9 Å². The molecule has 0 aromatic heterocycles. The van der Waals surface area contributed by atoms with Crippen LogP contribution in [0.25, 0.3) is 0 Å². The summed E-state index contributed by atoms with van der Waals surface area (Å²) >= 11 is 3.45. The molecule has 0 unspecified atom stereocenters. The monoisotopic (exact) mass is 296 g/mol. The lowest BCUT2D eigenvalue weighted by Gasteiger charge is -2.22. The lowest BCUT2D eigenvalue weighted by atomic mass is 10.0. The van der Waals surface area contributed by atoms with Crippen LogP contribution in [0.1, 0.15) is 24.8 Å². The van der Waals surface area contributed by atoms with Gasteiger partial charge in [-0.05, 0) is 59.9 Å². The normalized spacial score (nSPS) is 20.0. The van der Waals surface area contributed by atoms with Gasteiger partial charge in [0.15, 0.2) is 0 Å². The van der Waals surface area contributed by atoms with Crippen molar-refractivity contribution in [2.24, 2.45) is 0 Å². The fourth-order valence-electron chi connectivity index (χ4n) is 2.03. The van der Waals surface area contributed by atoms with Crippen LogP contribution in [-0.4, -0.2) is 18.5 Å². The minimum atomic E-state index is -0.0452. The van der Waals surface area contributed by atoms with E-state index in [2.05, 4.69) is 26.6 Å². The number of piperidine rings is 1. The van der Waals surface area contributed by atoms with Gasteiger partial charge in [0.2, 0.25) is 5.91 Å². The van der Waals surface area contributed by atoms with Gasteiger partial charge in [0.1, 0.15) is 0 Å². The van der Waals surface area contributed by atoms with E-state index in [0.29, 0.717) is 0 Å². The first-order chi connectivity index (χ1) is 8.16. The minimum absolute atomic E-state index is 0.0452. The van der Waals surface area contributed by atoms with Crippen LogP contribution < -0.4 is 10.6 Å². The Balaban J connectivity index is 2.04. The van der Waals surface area contributed by atoms with Crippen molar-refractivity contribution in [1.29, 1.82) is 0 Å². The third-order valence-corrected chi connectivity index (χ3v) is 3.70. The molecule has 4 heteroatoms. The molecule has 1 aliphatic rings. The third kappa shape index (κ3) is 3.30.